The molecule has 0 unspecified atom stereocenters. The van der Waals surface area contributed by atoms with Gasteiger partial charge in [-0.15, -0.1) is 0 Å². The summed E-state index contributed by atoms with van der Waals surface area (Å²) in [5, 5.41) is 0. The Morgan fingerprint density at radius 2 is 1.78 bits per heavy atom. The van der Waals surface area contributed by atoms with Crippen LogP contribution in [0.25, 0.3) is 0 Å². The molecule has 0 N–H and O–H groups in total. The Morgan fingerprint density at radius 3 is 2.44 bits per heavy atom. The van der Waals surface area contributed by atoms with E-state index >= 15 is 0 Å². The topological polar surface area (TPSA) is 79.4 Å². The zero-order valence-electron chi connectivity index (χ0n) is 15.7. The highest BCUT2D eigenvalue weighted by atomic mass is 16.6. The van der Waals surface area contributed by atoms with Gasteiger partial charge in [-0.2, -0.15) is 0 Å². The van der Waals surface area contributed by atoms with Crippen LogP contribution in [0.1, 0.15) is 20.3 Å². The van der Waals surface area contributed by atoms with Gasteiger partial charge in [0.05, 0.1) is 31.4 Å². The number of piperazine rings is 1. The van der Waals surface area contributed by atoms with E-state index in [4.69, 9.17) is 9.47 Å². The molecular weight excluding hydrogens is 350 g/mol. The van der Waals surface area contributed by atoms with Crippen LogP contribution >= 0.6 is 0 Å². The van der Waals surface area contributed by atoms with Crippen LogP contribution in [0.5, 0.6) is 5.75 Å². The Balaban J connectivity index is 1.70. The molecule has 8 heteroatoms. The Morgan fingerprint density at radius 1 is 1.07 bits per heavy atom. The minimum absolute atomic E-state index is 0.138. The summed E-state index contributed by atoms with van der Waals surface area (Å²) in [7, 11) is 0. The summed E-state index contributed by atoms with van der Waals surface area (Å²) in [6, 6.07) is 6.57. The number of carbonyl (C=O) groups excluding carboxylic acids is 3. The first-order valence-electron chi connectivity index (χ1n) is 9.31. The normalized spacial score (nSPS) is 20.9. The van der Waals surface area contributed by atoms with Crippen LogP contribution < -0.4 is 9.64 Å². The second-order valence-electron chi connectivity index (χ2n) is 6.41. The molecule has 2 aliphatic rings. The van der Waals surface area contributed by atoms with Crippen LogP contribution in [0.2, 0.25) is 0 Å². The summed E-state index contributed by atoms with van der Waals surface area (Å²) in [6.07, 6.45) is -0.197. The van der Waals surface area contributed by atoms with Gasteiger partial charge in [-0.1, -0.05) is 12.1 Å². The van der Waals surface area contributed by atoms with Crippen LogP contribution in [0.15, 0.2) is 24.3 Å². The molecule has 0 radical (unpaired) electrons. The van der Waals surface area contributed by atoms with E-state index < -0.39 is 6.04 Å². The molecule has 8 nitrogen and oxygen atoms in total. The number of rotatable bonds is 5. The van der Waals surface area contributed by atoms with Crippen molar-refractivity contribution in [2.24, 2.45) is 0 Å². The summed E-state index contributed by atoms with van der Waals surface area (Å²) >= 11 is 0. The number of ether oxygens (including phenoxy) is 2. The lowest BCUT2D eigenvalue weighted by Crippen LogP contribution is -2.54. The third-order valence-corrected chi connectivity index (χ3v) is 4.81. The second-order valence-corrected chi connectivity index (χ2v) is 6.41. The summed E-state index contributed by atoms with van der Waals surface area (Å²) in [5.41, 5.74) is 0.488. The van der Waals surface area contributed by atoms with Crippen molar-refractivity contribution in [3.05, 3.63) is 24.3 Å². The zero-order chi connectivity index (χ0) is 19.4. The quantitative estimate of drug-likeness (QED) is 0.726. The molecule has 0 bridgehead atoms. The van der Waals surface area contributed by atoms with Crippen molar-refractivity contribution in [3.63, 3.8) is 0 Å². The maximum absolute atomic E-state index is 13.0. The number of hydrogen-bond donors (Lipinski definition) is 0. The maximum Gasteiger partial charge on any atom is 0.409 e. The van der Waals surface area contributed by atoms with Crippen molar-refractivity contribution >= 4 is 23.6 Å². The number of imide groups is 1. The molecule has 3 rings (SSSR count). The Hall–Kier alpha value is -2.61. The number of benzene rings is 1. The molecule has 2 saturated heterocycles. The van der Waals surface area contributed by atoms with E-state index in [-0.39, 0.29) is 24.3 Å². The van der Waals surface area contributed by atoms with Crippen molar-refractivity contribution in [1.82, 2.24) is 9.80 Å². The smallest absolute Gasteiger partial charge is 0.409 e. The van der Waals surface area contributed by atoms with Gasteiger partial charge in [0.15, 0.2) is 0 Å². The lowest BCUT2D eigenvalue weighted by atomic mass is 10.2. The van der Waals surface area contributed by atoms with Crippen LogP contribution in [0.4, 0.5) is 10.5 Å². The first-order chi connectivity index (χ1) is 13.1. The Bertz CT molecular complexity index is 715. The van der Waals surface area contributed by atoms with Gasteiger partial charge in [0.2, 0.25) is 5.91 Å². The van der Waals surface area contributed by atoms with Crippen molar-refractivity contribution in [2.75, 3.05) is 44.3 Å². The molecule has 3 amide bonds. The highest BCUT2D eigenvalue weighted by Gasteiger charge is 2.44. The van der Waals surface area contributed by atoms with E-state index in [1.54, 1.807) is 30.0 Å². The van der Waals surface area contributed by atoms with Gasteiger partial charge >= 0.3 is 6.09 Å². The van der Waals surface area contributed by atoms with Gasteiger partial charge in [-0.3, -0.25) is 14.5 Å². The van der Waals surface area contributed by atoms with Crippen LogP contribution in [-0.2, 0) is 14.3 Å². The van der Waals surface area contributed by atoms with Crippen LogP contribution in [0, 0.1) is 0 Å². The fourth-order valence-corrected chi connectivity index (χ4v) is 3.50. The largest absolute Gasteiger partial charge is 0.492 e. The number of carbonyl (C=O) groups is 3. The number of anilines is 1. The van der Waals surface area contributed by atoms with Crippen molar-refractivity contribution in [3.8, 4) is 5.75 Å². The molecule has 0 aromatic heterocycles. The molecule has 2 fully saturated rings. The van der Waals surface area contributed by atoms with Gasteiger partial charge < -0.3 is 14.4 Å². The monoisotopic (exact) mass is 375 g/mol. The van der Waals surface area contributed by atoms with Crippen LogP contribution in [0.3, 0.4) is 0 Å². The molecule has 146 valence electrons. The van der Waals surface area contributed by atoms with E-state index in [0.29, 0.717) is 50.8 Å². The van der Waals surface area contributed by atoms with Crippen molar-refractivity contribution in [1.29, 1.82) is 0 Å². The van der Waals surface area contributed by atoms with E-state index in [1.165, 1.54) is 4.90 Å². The molecule has 1 aromatic rings. The third-order valence-electron chi connectivity index (χ3n) is 4.81. The molecule has 27 heavy (non-hydrogen) atoms. The van der Waals surface area contributed by atoms with E-state index in [9.17, 15) is 14.4 Å². The lowest BCUT2D eigenvalue weighted by Gasteiger charge is -2.36. The Labute approximate surface area is 158 Å². The predicted octanol–water partition coefficient (Wildman–Crippen LogP) is 1.49. The predicted molar refractivity (Wildman–Crippen MR) is 98.7 cm³/mol. The molecule has 2 aliphatic heterocycles. The summed E-state index contributed by atoms with van der Waals surface area (Å²) in [5.74, 6) is 0.0520. The number of nitrogens with zero attached hydrogens (tertiary/aromatic N) is 3. The first-order valence-corrected chi connectivity index (χ1v) is 9.31. The summed E-state index contributed by atoms with van der Waals surface area (Å²) in [6.45, 7) is 6.43. The van der Waals surface area contributed by atoms with E-state index in [0.717, 1.165) is 0 Å². The minimum atomic E-state index is -0.503. The van der Waals surface area contributed by atoms with Crippen LogP contribution in [-0.4, -0.2) is 73.1 Å². The molecular formula is C19H25N3O5. The summed E-state index contributed by atoms with van der Waals surface area (Å²) < 4.78 is 10.6. The SMILES string of the molecule is CCOC(=O)N1CCN([C@@H]2CC(=O)N(c3ccccc3OCC)C2=O)CC1. The highest BCUT2D eigenvalue weighted by Crippen LogP contribution is 2.33. The van der Waals surface area contributed by atoms with Gasteiger partial charge in [0.25, 0.3) is 5.91 Å². The number of hydrogen-bond acceptors (Lipinski definition) is 6. The Kier molecular flexibility index (Phi) is 5.95. The average Bonchev–Trinajstić information content (AvgIpc) is 2.97. The molecule has 0 saturated carbocycles. The first kappa shape index (κ1) is 19.2. The van der Waals surface area contributed by atoms with Gasteiger partial charge in [-0.05, 0) is 26.0 Å². The van der Waals surface area contributed by atoms with E-state index in [1.807, 2.05) is 17.9 Å². The zero-order valence-corrected chi connectivity index (χ0v) is 15.7. The molecule has 1 aromatic carbocycles. The van der Waals surface area contributed by atoms with Crippen molar-refractivity contribution in [2.45, 2.75) is 26.3 Å². The van der Waals surface area contributed by atoms with Gasteiger partial charge in [0, 0.05) is 26.2 Å². The fourth-order valence-electron chi connectivity index (χ4n) is 3.50. The maximum atomic E-state index is 13.0. The standard InChI is InChI=1S/C19H25N3O5/c1-3-26-16-8-6-5-7-14(16)22-17(23)13-15(18(22)24)20-9-11-21(12-10-20)19(25)27-4-2/h5-8,15H,3-4,9-13H2,1-2H3/t15-/m1/s1. The molecule has 2 heterocycles. The third kappa shape index (κ3) is 3.90. The minimum Gasteiger partial charge on any atom is -0.492 e. The number of amides is 3. The van der Waals surface area contributed by atoms with Crippen molar-refractivity contribution < 1.29 is 23.9 Å². The van der Waals surface area contributed by atoms with E-state index in [2.05, 4.69) is 0 Å². The molecule has 0 aliphatic carbocycles. The number of para-hydroxylation sites is 2. The molecule has 1 atom stereocenters. The highest BCUT2D eigenvalue weighted by molar-refractivity contribution is 6.23. The fraction of sp³-hybridized carbons (Fsp3) is 0.526. The van der Waals surface area contributed by atoms with Gasteiger partial charge in [0.1, 0.15) is 5.75 Å². The lowest BCUT2D eigenvalue weighted by molar-refractivity contribution is -0.123. The molecule has 0 spiro atoms. The second kappa shape index (κ2) is 8.39. The average molecular weight is 375 g/mol. The van der Waals surface area contributed by atoms with Gasteiger partial charge in [-0.25, -0.2) is 9.69 Å². The summed E-state index contributed by atoms with van der Waals surface area (Å²) in [4.78, 5) is 42.2.